The molecule has 0 aliphatic heterocycles. The smallest absolute Gasteiger partial charge is 0.309 e. The van der Waals surface area contributed by atoms with E-state index in [0.29, 0.717) is 19.4 Å². The van der Waals surface area contributed by atoms with Crippen LogP contribution in [0, 0.1) is 17.6 Å². The molecule has 0 unspecified atom stereocenters. The number of rotatable bonds is 6. The second-order valence-electron chi connectivity index (χ2n) is 5.12. The maximum Gasteiger partial charge on any atom is 0.309 e. The number of carbonyl (C=O) groups excluding carboxylic acids is 2. The van der Waals surface area contributed by atoms with Crippen molar-refractivity contribution in [3.8, 4) is 0 Å². The lowest BCUT2D eigenvalue weighted by molar-refractivity contribution is -0.145. The highest BCUT2D eigenvalue weighted by molar-refractivity contribution is 5.77. The molecule has 1 amide bonds. The van der Waals surface area contributed by atoms with Crippen LogP contribution >= 0.6 is 0 Å². The van der Waals surface area contributed by atoms with Crippen LogP contribution in [0.4, 0.5) is 8.78 Å². The Morgan fingerprint density at radius 2 is 2.14 bits per heavy atom. The first kappa shape index (κ1) is 15.4. The third-order valence-electron chi connectivity index (χ3n) is 3.39. The lowest BCUT2D eigenvalue weighted by Gasteiger charge is -2.06. The van der Waals surface area contributed by atoms with Crippen LogP contribution in [0.15, 0.2) is 18.2 Å². The number of amides is 1. The van der Waals surface area contributed by atoms with Crippen molar-refractivity contribution in [2.24, 2.45) is 5.92 Å². The molecule has 0 heterocycles. The minimum Gasteiger partial charge on any atom is -0.465 e. The summed E-state index contributed by atoms with van der Waals surface area (Å²) in [5.41, 5.74) is 0.232. The minimum atomic E-state index is -0.513. The van der Waals surface area contributed by atoms with Gasteiger partial charge in [-0.2, -0.15) is 0 Å². The van der Waals surface area contributed by atoms with Gasteiger partial charge in [0.2, 0.25) is 5.91 Å². The summed E-state index contributed by atoms with van der Waals surface area (Å²) in [4.78, 5) is 22.4. The van der Waals surface area contributed by atoms with Crippen LogP contribution in [0.1, 0.15) is 31.2 Å². The molecule has 114 valence electrons. The van der Waals surface area contributed by atoms with Crippen LogP contribution in [-0.4, -0.2) is 25.0 Å². The number of esters is 1. The SMILES string of the molecule is CC(=O)NCCCOC(=O)[C@H]1C[C@@H]1c1cc(F)ccc1F. The van der Waals surface area contributed by atoms with E-state index in [1.165, 1.54) is 6.92 Å². The number of hydrogen-bond acceptors (Lipinski definition) is 3. The first-order chi connectivity index (χ1) is 9.99. The topological polar surface area (TPSA) is 55.4 Å². The zero-order valence-corrected chi connectivity index (χ0v) is 11.7. The summed E-state index contributed by atoms with van der Waals surface area (Å²) in [6.45, 7) is 2.05. The monoisotopic (exact) mass is 297 g/mol. The fourth-order valence-corrected chi connectivity index (χ4v) is 2.21. The largest absolute Gasteiger partial charge is 0.465 e. The fraction of sp³-hybridized carbons (Fsp3) is 0.467. The van der Waals surface area contributed by atoms with E-state index >= 15 is 0 Å². The Hall–Kier alpha value is -1.98. The summed E-state index contributed by atoms with van der Waals surface area (Å²) in [7, 11) is 0. The zero-order valence-electron chi connectivity index (χ0n) is 11.7. The van der Waals surface area contributed by atoms with Crippen molar-refractivity contribution in [3.63, 3.8) is 0 Å². The maximum atomic E-state index is 13.6. The highest BCUT2D eigenvalue weighted by Crippen LogP contribution is 2.49. The van der Waals surface area contributed by atoms with Gasteiger partial charge in [0.15, 0.2) is 0 Å². The normalized spacial score (nSPS) is 20.0. The predicted octanol–water partition coefficient (Wildman–Crippen LogP) is 2.14. The molecule has 1 aromatic carbocycles. The van der Waals surface area contributed by atoms with E-state index in [1.807, 2.05) is 0 Å². The van der Waals surface area contributed by atoms with Gasteiger partial charge in [0.05, 0.1) is 12.5 Å². The highest BCUT2D eigenvalue weighted by atomic mass is 19.1. The summed E-state index contributed by atoms with van der Waals surface area (Å²) in [5, 5.41) is 2.59. The Kier molecular flexibility index (Phi) is 4.88. The van der Waals surface area contributed by atoms with Gasteiger partial charge in [0.1, 0.15) is 11.6 Å². The fourth-order valence-electron chi connectivity index (χ4n) is 2.21. The summed E-state index contributed by atoms with van der Waals surface area (Å²) in [6, 6.07) is 3.25. The lowest BCUT2D eigenvalue weighted by atomic mass is 10.1. The van der Waals surface area contributed by atoms with E-state index in [9.17, 15) is 18.4 Å². The van der Waals surface area contributed by atoms with Gasteiger partial charge >= 0.3 is 5.97 Å². The molecule has 21 heavy (non-hydrogen) atoms. The van der Waals surface area contributed by atoms with Gasteiger partial charge in [0.25, 0.3) is 0 Å². The quantitative estimate of drug-likeness (QED) is 0.646. The average Bonchev–Trinajstić information content (AvgIpc) is 3.21. The molecule has 1 aliphatic carbocycles. The molecule has 0 radical (unpaired) electrons. The molecule has 0 spiro atoms. The molecular weight excluding hydrogens is 280 g/mol. The maximum absolute atomic E-state index is 13.6. The standard InChI is InChI=1S/C15H17F2NO3/c1-9(19)18-5-2-6-21-15(20)13-8-11(13)12-7-10(16)3-4-14(12)17/h3-4,7,11,13H,2,5-6,8H2,1H3,(H,18,19)/t11-,13+/m1/s1. The highest BCUT2D eigenvalue weighted by Gasteiger charge is 2.46. The van der Waals surface area contributed by atoms with Gasteiger partial charge < -0.3 is 10.1 Å². The average molecular weight is 297 g/mol. The van der Waals surface area contributed by atoms with Crippen molar-refractivity contribution >= 4 is 11.9 Å². The molecule has 0 bridgehead atoms. The van der Waals surface area contributed by atoms with Crippen LogP contribution in [0.2, 0.25) is 0 Å². The number of hydrogen-bond donors (Lipinski definition) is 1. The summed E-state index contributed by atoms with van der Waals surface area (Å²) < 4.78 is 31.7. The molecule has 4 nitrogen and oxygen atoms in total. The summed E-state index contributed by atoms with van der Waals surface area (Å²) in [5.74, 6) is -2.25. The van der Waals surface area contributed by atoms with E-state index in [0.717, 1.165) is 18.2 Å². The molecule has 2 rings (SSSR count). The van der Waals surface area contributed by atoms with E-state index < -0.39 is 23.5 Å². The van der Waals surface area contributed by atoms with E-state index in [4.69, 9.17) is 4.74 Å². The Morgan fingerprint density at radius 1 is 1.38 bits per heavy atom. The first-order valence-electron chi connectivity index (χ1n) is 6.85. The van der Waals surface area contributed by atoms with Crippen molar-refractivity contribution in [1.82, 2.24) is 5.32 Å². The molecule has 6 heteroatoms. The van der Waals surface area contributed by atoms with Crippen molar-refractivity contribution in [2.45, 2.75) is 25.7 Å². The number of nitrogens with one attached hydrogen (secondary N) is 1. The Bertz CT molecular complexity index is 548. The van der Waals surface area contributed by atoms with Crippen LogP contribution in [-0.2, 0) is 14.3 Å². The zero-order chi connectivity index (χ0) is 15.4. The molecule has 0 aromatic heterocycles. The molecular formula is C15H17F2NO3. The summed E-state index contributed by atoms with van der Waals surface area (Å²) in [6.07, 6.45) is 1.00. The molecule has 1 aromatic rings. The van der Waals surface area contributed by atoms with Crippen LogP contribution < -0.4 is 5.32 Å². The van der Waals surface area contributed by atoms with E-state index in [2.05, 4.69) is 5.32 Å². The first-order valence-corrected chi connectivity index (χ1v) is 6.85. The summed E-state index contributed by atoms with van der Waals surface area (Å²) >= 11 is 0. The minimum absolute atomic E-state index is 0.134. The van der Waals surface area contributed by atoms with Gasteiger partial charge in [-0.3, -0.25) is 9.59 Å². The van der Waals surface area contributed by atoms with Crippen LogP contribution in [0.25, 0.3) is 0 Å². The van der Waals surface area contributed by atoms with Gasteiger partial charge in [-0.1, -0.05) is 0 Å². The number of carbonyl (C=O) groups is 2. The van der Waals surface area contributed by atoms with Crippen LogP contribution in [0.5, 0.6) is 0 Å². The van der Waals surface area contributed by atoms with Gasteiger partial charge in [0, 0.05) is 19.4 Å². The van der Waals surface area contributed by atoms with Crippen molar-refractivity contribution < 1.29 is 23.1 Å². The van der Waals surface area contributed by atoms with E-state index in [1.54, 1.807) is 0 Å². The van der Waals surface area contributed by atoms with Gasteiger partial charge in [-0.05, 0) is 36.6 Å². The van der Waals surface area contributed by atoms with Crippen LogP contribution in [0.3, 0.4) is 0 Å². The third-order valence-corrected chi connectivity index (χ3v) is 3.39. The second kappa shape index (κ2) is 6.65. The number of halogens is 2. The number of ether oxygens (including phenoxy) is 1. The molecule has 1 fully saturated rings. The Balaban J connectivity index is 1.76. The van der Waals surface area contributed by atoms with Gasteiger partial charge in [-0.15, -0.1) is 0 Å². The second-order valence-corrected chi connectivity index (χ2v) is 5.12. The predicted molar refractivity (Wildman–Crippen MR) is 71.5 cm³/mol. The van der Waals surface area contributed by atoms with E-state index in [-0.39, 0.29) is 24.0 Å². The molecule has 0 saturated heterocycles. The lowest BCUT2D eigenvalue weighted by Crippen LogP contribution is -2.22. The molecule has 1 N–H and O–H groups in total. The molecule has 1 aliphatic rings. The van der Waals surface area contributed by atoms with Crippen molar-refractivity contribution in [2.75, 3.05) is 13.2 Å². The number of benzene rings is 1. The third kappa shape index (κ3) is 4.24. The molecule has 2 atom stereocenters. The van der Waals surface area contributed by atoms with Gasteiger partial charge in [-0.25, -0.2) is 8.78 Å². The van der Waals surface area contributed by atoms with Crippen molar-refractivity contribution in [3.05, 3.63) is 35.4 Å². The Labute approximate surface area is 121 Å². The Morgan fingerprint density at radius 3 is 2.86 bits per heavy atom. The molecule has 1 saturated carbocycles. The van der Waals surface area contributed by atoms with Crippen molar-refractivity contribution in [1.29, 1.82) is 0 Å².